The molecule has 3 atom stereocenters. The normalized spacial score (nSPS) is 24.4. The Balaban J connectivity index is 1.15. The molecule has 0 saturated carbocycles. The molecule has 0 radical (unpaired) electrons. The zero-order valence-electron chi connectivity index (χ0n) is 22.7. The Morgan fingerprint density at radius 3 is 2.28 bits per heavy atom. The third kappa shape index (κ3) is 6.67. The molecule has 3 saturated heterocycles. The fraction of sp³-hybridized carbons (Fsp3) is 0.741. The summed E-state index contributed by atoms with van der Waals surface area (Å²) in [4.78, 5) is 20.6. The van der Waals surface area contributed by atoms with Crippen molar-refractivity contribution in [1.82, 2.24) is 19.0 Å². The predicted octanol–water partition coefficient (Wildman–Crippen LogP) is 2.02. The summed E-state index contributed by atoms with van der Waals surface area (Å²) in [6, 6.07) is 3.81. The van der Waals surface area contributed by atoms with E-state index in [1.54, 1.807) is 11.4 Å². The van der Waals surface area contributed by atoms with Gasteiger partial charge in [0.2, 0.25) is 5.91 Å². The first-order valence-electron chi connectivity index (χ1n) is 13.3. The van der Waals surface area contributed by atoms with E-state index in [4.69, 9.17) is 9.47 Å². The van der Waals surface area contributed by atoms with Gasteiger partial charge in [-0.1, -0.05) is 0 Å². The second-order valence-corrected chi connectivity index (χ2v) is 12.6. The van der Waals surface area contributed by atoms with E-state index >= 15 is 0 Å². The zero-order valence-corrected chi connectivity index (χ0v) is 23.5. The van der Waals surface area contributed by atoms with Crippen LogP contribution in [0.15, 0.2) is 17.0 Å². The quantitative estimate of drug-likeness (QED) is 0.440. The number of hydrogen-bond acceptors (Lipinski definition) is 6. The molecule has 0 aliphatic carbocycles. The minimum atomic E-state index is -1.29. The minimum Gasteiger partial charge on any atom is -0.497 e. The highest BCUT2D eigenvalue weighted by Gasteiger charge is 2.41. The monoisotopic (exact) mass is 520 g/mol. The summed E-state index contributed by atoms with van der Waals surface area (Å²) in [6.07, 6.45) is 2.62. The summed E-state index contributed by atoms with van der Waals surface area (Å²) in [5.74, 6) is 2.88. The van der Waals surface area contributed by atoms with E-state index in [0.717, 1.165) is 53.9 Å². The highest BCUT2D eigenvalue weighted by molar-refractivity contribution is 7.82. The Kier molecular flexibility index (Phi) is 9.44. The molecule has 1 unspecified atom stereocenters. The molecule has 3 heterocycles. The van der Waals surface area contributed by atoms with Crippen LogP contribution >= 0.6 is 0 Å². The molecule has 0 aromatic heterocycles. The first-order chi connectivity index (χ1) is 17.2. The van der Waals surface area contributed by atoms with Gasteiger partial charge in [-0.15, -0.1) is 0 Å². The van der Waals surface area contributed by atoms with Gasteiger partial charge in [-0.05, 0) is 87.8 Å². The molecule has 3 aliphatic rings. The predicted molar refractivity (Wildman–Crippen MR) is 143 cm³/mol. The van der Waals surface area contributed by atoms with Crippen molar-refractivity contribution < 1.29 is 18.5 Å². The summed E-state index contributed by atoms with van der Waals surface area (Å²) in [6.45, 7) is 12.5. The smallest absolute Gasteiger partial charge is 0.248 e. The van der Waals surface area contributed by atoms with Crippen LogP contribution in [0.3, 0.4) is 0 Å². The summed E-state index contributed by atoms with van der Waals surface area (Å²) < 4.78 is 25.8. The lowest BCUT2D eigenvalue weighted by Crippen LogP contribution is -2.39. The number of amides is 1. The van der Waals surface area contributed by atoms with Gasteiger partial charge in [0.25, 0.3) is 0 Å². The number of aryl methyl sites for hydroxylation is 2. The number of fused-ring (bicyclic) bond motifs is 1. The first kappa shape index (κ1) is 27.5. The maximum Gasteiger partial charge on any atom is 0.248 e. The van der Waals surface area contributed by atoms with Crippen LogP contribution < -0.4 is 4.74 Å². The number of likely N-dealkylation sites (N-methyl/N-ethyl adjacent to an activating group) is 1. The van der Waals surface area contributed by atoms with E-state index < -0.39 is 11.0 Å². The Morgan fingerprint density at radius 2 is 1.69 bits per heavy atom. The third-order valence-corrected chi connectivity index (χ3v) is 9.91. The summed E-state index contributed by atoms with van der Waals surface area (Å²) in [7, 11) is 4.38. The second-order valence-electron chi connectivity index (χ2n) is 11.0. The van der Waals surface area contributed by atoms with Crippen LogP contribution in [0.5, 0.6) is 5.75 Å². The van der Waals surface area contributed by atoms with E-state index in [-0.39, 0.29) is 12.5 Å². The molecule has 202 valence electrons. The van der Waals surface area contributed by atoms with Crippen LogP contribution in [0.2, 0.25) is 0 Å². The standard InChI is InChI=1S/C27H44N4O4S/c1-20-12-25(34-5)13-21(2)27(20)36(33)29(4)10-11-35-19-26(32)31-17-23-15-30(16-24(23)18-31)14-22-6-8-28(3)9-7-22/h12-13,22-24H,6-11,14-19H2,1-5H3/t23-,24+,36?. The molecule has 1 amide bonds. The van der Waals surface area contributed by atoms with Crippen molar-refractivity contribution in [2.75, 3.05) is 86.8 Å². The van der Waals surface area contributed by atoms with E-state index in [1.165, 1.54) is 32.5 Å². The minimum absolute atomic E-state index is 0.0805. The topological polar surface area (TPSA) is 65.6 Å². The Bertz CT molecular complexity index is 899. The fourth-order valence-electron chi connectivity index (χ4n) is 6.04. The van der Waals surface area contributed by atoms with Gasteiger partial charge in [-0.3, -0.25) is 4.79 Å². The lowest BCUT2D eigenvalue weighted by molar-refractivity contribution is -0.135. The SMILES string of the molecule is COc1cc(C)c(S(=O)N(C)CCOCC(=O)N2C[C@H]3CN(CC4CCN(C)CC4)C[C@H]3C2)c(C)c1. The summed E-state index contributed by atoms with van der Waals surface area (Å²) in [5.41, 5.74) is 1.88. The highest BCUT2D eigenvalue weighted by atomic mass is 32.2. The average Bonchev–Trinajstić information content (AvgIpc) is 3.41. The number of likely N-dealkylation sites (tertiary alicyclic amines) is 3. The van der Waals surface area contributed by atoms with Gasteiger partial charge in [0, 0.05) is 46.3 Å². The molecule has 1 aromatic carbocycles. The van der Waals surface area contributed by atoms with Crippen LogP contribution in [0.1, 0.15) is 24.0 Å². The van der Waals surface area contributed by atoms with Crippen LogP contribution in [-0.2, 0) is 20.5 Å². The van der Waals surface area contributed by atoms with Gasteiger partial charge in [0.1, 0.15) is 23.3 Å². The van der Waals surface area contributed by atoms with Crippen molar-refractivity contribution in [1.29, 1.82) is 0 Å². The van der Waals surface area contributed by atoms with Crippen molar-refractivity contribution in [2.45, 2.75) is 31.6 Å². The maximum atomic E-state index is 13.1. The third-order valence-electron chi connectivity index (χ3n) is 8.17. The molecule has 3 aliphatic heterocycles. The molecule has 8 nitrogen and oxygen atoms in total. The number of rotatable bonds is 10. The molecule has 36 heavy (non-hydrogen) atoms. The molecular weight excluding hydrogens is 476 g/mol. The Hall–Kier alpha value is -1.52. The molecular formula is C27H44N4O4S. The Morgan fingerprint density at radius 1 is 1.08 bits per heavy atom. The molecule has 1 aromatic rings. The van der Waals surface area contributed by atoms with Crippen LogP contribution in [0.4, 0.5) is 0 Å². The number of nitrogens with zero attached hydrogens (tertiary/aromatic N) is 4. The average molecular weight is 521 g/mol. The van der Waals surface area contributed by atoms with Gasteiger partial charge in [0.05, 0.1) is 18.6 Å². The summed E-state index contributed by atoms with van der Waals surface area (Å²) in [5, 5.41) is 0. The van der Waals surface area contributed by atoms with Gasteiger partial charge >= 0.3 is 0 Å². The first-order valence-corrected chi connectivity index (χ1v) is 14.4. The molecule has 0 N–H and O–H groups in total. The van der Waals surface area contributed by atoms with E-state index in [2.05, 4.69) is 16.8 Å². The van der Waals surface area contributed by atoms with Crippen molar-refractivity contribution in [3.8, 4) is 5.75 Å². The number of carbonyl (C=O) groups is 1. The Labute approximate surface area is 219 Å². The fourth-order valence-corrected chi connectivity index (χ4v) is 7.26. The lowest BCUT2D eigenvalue weighted by Gasteiger charge is -2.32. The van der Waals surface area contributed by atoms with Gasteiger partial charge < -0.3 is 24.2 Å². The molecule has 0 spiro atoms. The summed E-state index contributed by atoms with van der Waals surface area (Å²) >= 11 is 0. The van der Waals surface area contributed by atoms with Gasteiger partial charge in [-0.25, -0.2) is 8.51 Å². The van der Waals surface area contributed by atoms with E-state index in [0.29, 0.717) is 25.0 Å². The molecule has 0 bridgehead atoms. The zero-order chi connectivity index (χ0) is 25.8. The largest absolute Gasteiger partial charge is 0.497 e. The number of methoxy groups -OCH3 is 1. The van der Waals surface area contributed by atoms with Crippen molar-refractivity contribution in [2.24, 2.45) is 17.8 Å². The number of hydrogen-bond donors (Lipinski definition) is 0. The highest BCUT2D eigenvalue weighted by Crippen LogP contribution is 2.32. The number of carbonyl (C=O) groups excluding carboxylic acids is 1. The molecule has 9 heteroatoms. The van der Waals surface area contributed by atoms with Crippen molar-refractivity contribution >= 4 is 16.9 Å². The maximum absolute atomic E-state index is 13.1. The lowest BCUT2D eigenvalue weighted by atomic mass is 9.96. The number of ether oxygens (including phenoxy) is 2. The van der Waals surface area contributed by atoms with Gasteiger partial charge in [-0.2, -0.15) is 0 Å². The molecule has 3 fully saturated rings. The molecule has 4 rings (SSSR count). The number of piperidine rings is 1. The van der Waals surface area contributed by atoms with Crippen LogP contribution in [0, 0.1) is 31.6 Å². The van der Waals surface area contributed by atoms with E-state index in [9.17, 15) is 9.00 Å². The van der Waals surface area contributed by atoms with Crippen LogP contribution in [-0.4, -0.2) is 116 Å². The van der Waals surface area contributed by atoms with Gasteiger partial charge in [0.15, 0.2) is 0 Å². The second kappa shape index (κ2) is 12.3. The van der Waals surface area contributed by atoms with Crippen LogP contribution in [0.25, 0.3) is 0 Å². The number of benzene rings is 1. The van der Waals surface area contributed by atoms with Crippen molar-refractivity contribution in [3.05, 3.63) is 23.3 Å². The van der Waals surface area contributed by atoms with Crippen molar-refractivity contribution in [3.63, 3.8) is 0 Å². The van der Waals surface area contributed by atoms with E-state index in [1.807, 2.05) is 37.9 Å².